The number of rotatable bonds is 6. The van der Waals surface area contributed by atoms with E-state index in [-0.39, 0.29) is 25.1 Å². The van der Waals surface area contributed by atoms with Crippen LogP contribution in [0, 0.1) is 0 Å². The highest BCUT2D eigenvalue weighted by molar-refractivity contribution is 6.30. The van der Waals surface area contributed by atoms with Gasteiger partial charge in [0.15, 0.2) is 11.5 Å². The first-order valence-corrected chi connectivity index (χ1v) is 11.0. The summed E-state index contributed by atoms with van der Waals surface area (Å²) in [6.07, 6.45) is -0.104. The number of fused-ring (bicyclic) bond motifs is 1. The van der Waals surface area contributed by atoms with E-state index in [1.807, 2.05) is 19.1 Å². The van der Waals surface area contributed by atoms with E-state index in [0.717, 1.165) is 5.56 Å². The molecule has 0 bridgehead atoms. The van der Waals surface area contributed by atoms with Crippen LogP contribution in [0.3, 0.4) is 0 Å². The molecule has 3 rings (SSSR count). The smallest absolute Gasteiger partial charge is 0.414 e. The maximum Gasteiger partial charge on any atom is 0.414 e. The highest BCUT2D eigenvalue weighted by Crippen LogP contribution is 2.45. The molecule has 0 aliphatic carbocycles. The first-order valence-electron chi connectivity index (χ1n) is 10.2. The van der Waals surface area contributed by atoms with Crippen LogP contribution in [0.5, 0.6) is 11.5 Å². The van der Waals surface area contributed by atoms with E-state index in [1.165, 1.54) is 18.6 Å². The van der Waals surface area contributed by atoms with Crippen molar-refractivity contribution >= 4 is 41.1 Å². The summed E-state index contributed by atoms with van der Waals surface area (Å²) in [6.45, 7) is 4.07. The third-order valence-electron chi connectivity index (χ3n) is 5.42. The van der Waals surface area contributed by atoms with Crippen LogP contribution in [0.2, 0.25) is 5.02 Å². The lowest BCUT2D eigenvalue weighted by Gasteiger charge is -2.39. The van der Waals surface area contributed by atoms with Gasteiger partial charge < -0.3 is 14.2 Å². The second kappa shape index (κ2) is 10.3. The van der Waals surface area contributed by atoms with Gasteiger partial charge in [-0.3, -0.25) is 9.69 Å². The summed E-state index contributed by atoms with van der Waals surface area (Å²) < 4.78 is 17.3. The molecule has 0 saturated heterocycles. The van der Waals surface area contributed by atoms with Gasteiger partial charge in [0.2, 0.25) is 5.91 Å². The van der Waals surface area contributed by atoms with Crippen molar-refractivity contribution in [3.8, 4) is 11.5 Å². The van der Waals surface area contributed by atoms with Gasteiger partial charge in [-0.1, -0.05) is 23.7 Å². The number of hydrogen-bond acceptors (Lipinski definition) is 5. The van der Waals surface area contributed by atoms with Gasteiger partial charge in [0, 0.05) is 28.9 Å². The molecule has 0 saturated carbocycles. The Hall–Kier alpha value is -2.64. The molecule has 172 valence electrons. The number of halogens is 2. The first kappa shape index (κ1) is 24.0. The van der Waals surface area contributed by atoms with E-state index in [9.17, 15) is 9.59 Å². The number of methoxy groups -OCH3 is 2. The highest BCUT2D eigenvalue weighted by Gasteiger charge is 2.40. The Morgan fingerprint density at radius 3 is 2.34 bits per heavy atom. The van der Waals surface area contributed by atoms with Crippen LogP contribution < -0.4 is 14.4 Å². The molecule has 7 nitrogen and oxygen atoms in total. The SMILES string of the molecule is CCOC(=O)N1c2cc(OC)c(OC)cc2C(C(=O)N(Cl)Cc2ccc(Cl)cc2)CC1C. The number of nitrogens with zero attached hydrogens (tertiary/aromatic N) is 2. The molecule has 1 aliphatic heterocycles. The van der Waals surface area contributed by atoms with Crippen LogP contribution in [0.25, 0.3) is 0 Å². The average molecular weight is 481 g/mol. The van der Waals surface area contributed by atoms with Gasteiger partial charge in [-0.2, -0.15) is 0 Å². The number of amides is 2. The van der Waals surface area contributed by atoms with E-state index in [4.69, 9.17) is 37.6 Å². The third-order valence-corrected chi connectivity index (χ3v) is 5.96. The number of hydrogen-bond donors (Lipinski definition) is 0. The maximum atomic E-state index is 13.4. The zero-order valence-electron chi connectivity index (χ0n) is 18.4. The molecule has 9 heteroatoms. The molecule has 2 amide bonds. The highest BCUT2D eigenvalue weighted by atomic mass is 35.5. The fourth-order valence-electron chi connectivity index (χ4n) is 3.88. The van der Waals surface area contributed by atoms with E-state index in [2.05, 4.69) is 0 Å². The third kappa shape index (κ3) is 4.89. The monoisotopic (exact) mass is 480 g/mol. The normalized spacial score (nSPS) is 17.4. The Kier molecular flexibility index (Phi) is 7.74. The van der Waals surface area contributed by atoms with Crippen LogP contribution in [0.15, 0.2) is 36.4 Å². The molecule has 0 fully saturated rings. The van der Waals surface area contributed by atoms with E-state index in [1.54, 1.807) is 36.1 Å². The number of anilines is 1. The summed E-state index contributed by atoms with van der Waals surface area (Å²) in [5.74, 6) is 0.0618. The van der Waals surface area contributed by atoms with Crippen LogP contribution in [-0.4, -0.2) is 43.3 Å². The largest absolute Gasteiger partial charge is 0.493 e. The minimum atomic E-state index is -0.574. The van der Waals surface area contributed by atoms with Gasteiger partial charge in [-0.15, -0.1) is 0 Å². The zero-order chi connectivity index (χ0) is 23.4. The lowest BCUT2D eigenvalue weighted by molar-refractivity contribution is -0.128. The lowest BCUT2D eigenvalue weighted by atomic mass is 9.85. The van der Waals surface area contributed by atoms with Crippen LogP contribution in [0.4, 0.5) is 10.5 Å². The average Bonchev–Trinajstić information content (AvgIpc) is 2.78. The molecule has 32 heavy (non-hydrogen) atoms. The Morgan fingerprint density at radius 2 is 1.75 bits per heavy atom. The quantitative estimate of drug-likeness (QED) is 0.519. The molecule has 0 N–H and O–H groups in total. The number of carbonyl (C=O) groups is 2. The molecule has 0 aromatic heterocycles. The number of benzene rings is 2. The Bertz CT molecular complexity index is 983. The lowest BCUT2D eigenvalue weighted by Crippen LogP contribution is -2.46. The molecule has 1 aliphatic rings. The van der Waals surface area contributed by atoms with Crippen LogP contribution >= 0.6 is 23.4 Å². The van der Waals surface area contributed by atoms with Crippen LogP contribution in [0.1, 0.15) is 37.3 Å². The molecular formula is C23H26Cl2N2O5. The predicted octanol–water partition coefficient (Wildman–Crippen LogP) is 5.38. The number of ether oxygens (including phenoxy) is 3. The Labute approximate surface area is 197 Å². The molecular weight excluding hydrogens is 455 g/mol. The molecule has 2 unspecified atom stereocenters. The van der Waals surface area contributed by atoms with Crippen LogP contribution in [-0.2, 0) is 16.1 Å². The summed E-state index contributed by atoms with van der Waals surface area (Å²) in [7, 11) is 3.03. The molecule has 2 aromatic carbocycles. The molecule has 0 radical (unpaired) electrons. The minimum absolute atomic E-state index is 0.215. The fourth-order valence-corrected chi connectivity index (χ4v) is 4.27. The van der Waals surface area contributed by atoms with Crippen molar-refractivity contribution < 1.29 is 23.8 Å². The van der Waals surface area contributed by atoms with Gasteiger partial charge in [0.1, 0.15) is 0 Å². The second-order valence-corrected chi connectivity index (χ2v) is 8.30. The minimum Gasteiger partial charge on any atom is -0.493 e. The summed E-state index contributed by atoms with van der Waals surface area (Å²) in [5.41, 5.74) is 2.01. The van der Waals surface area contributed by atoms with Crippen molar-refractivity contribution in [3.63, 3.8) is 0 Å². The van der Waals surface area contributed by atoms with E-state index < -0.39 is 12.0 Å². The zero-order valence-corrected chi connectivity index (χ0v) is 19.9. The summed E-state index contributed by atoms with van der Waals surface area (Å²) >= 11 is 12.4. The molecule has 2 atom stereocenters. The van der Waals surface area contributed by atoms with Crippen molar-refractivity contribution in [3.05, 3.63) is 52.5 Å². The first-order chi connectivity index (χ1) is 15.3. The molecule has 0 spiro atoms. The van der Waals surface area contributed by atoms with Crippen molar-refractivity contribution in [2.75, 3.05) is 25.7 Å². The van der Waals surface area contributed by atoms with Crippen molar-refractivity contribution in [2.45, 2.75) is 38.8 Å². The molecule has 1 heterocycles. The molecule has 2 aromatic rings. The van der Waals surface area contributed by atoms with Gasteiger partial charge in [0.05, 0.1) is 39.0 Å². The Morgan fingerprint density at radius 1 is 1.12 bits per heavy atom. The predicted molar refractivity (Wildman–Crippen MR) is 124 cm³/mol. The van der Waals surface area contributed by atoms with Gasteiger partial charge in [0.25, 0.3) is 0 Å². The van der Waals surface area contributed by atoms with Gasteiger partial charge >= 0.3 is 6.09 Å². The topological polar surface area (TPSA) is 68.3 Å². The summed E-state index contributed by atoms with van der Waals surface area (Å²) in [4.78, 5) is 27.6. The number of carbonyl (C=O) groups excluding carboxylic acids is 2. The van der Waals surface area contributed by atoms with Gasteiger partial charge in [-0.25, -0.2) is 9.21 Å². The second-order valence-electron chi connectivity index (χ2n) is 7.46. The van der Waals surface area contributed by atoms with Crippen molar-refractivity contribution in [1.82, 2.24) is 4.42 Å². The summed E-state index contributed by atoms with van der Waals surface area (Å²) in [6, 6.07) is 10.3. The fraction of sp³-hybridized carbons (Fsp3) is 0.391. The van der Waals surface area contributed by atoms with E-state index in [0.29, 0.717) is 34.2 Å². The standard InChI is InChI=1S/C23H26Cl2N2O5/c1-5-32-23(29)27-14(2)10-18(17-11-20(30-3)21(31-4)12-19(17)27)22(28)26(25)13-15-6-8-16(24)9-7-15/h6-9,11-12,14,18H,5,10,13H2,1-4H3. The maximum absolute atomic E-state index is 13.4. The van der Waals surface area contributed by atoms with Gasteiger partial charge in [-0.05, 0) is 49.6 Å². The summed E-state index contributed by atoms with van der Waals surface area (Å²) in [5, 5.41) is 0.608. The van der Waals surface area contributed by atoms with Crippen molar-refractivity contribution in [1.29, 1.82) is 0 Å². The van der Waals surface area contributed by atoms with Crippen molar-refractivity contribution in [2.24, 2.45) is 0 Å². The van der Waals surface area contributed by atoms with E-state index >= 15 is 0 Å². The Balaban J connectivity index is 1.99.